The second kappa shape index (κ2) is 5.06. The van der Waals surface area contributed by atoms with Crippen molar-refractivity contribution in [2.24, 2.45) is 0 Å². The molecule has 1 fully saturated rings. The van der Waals surface area contributed by atoms with Gasteiger partial charge in [-0.3, -0.25) is 4.79 Å². The Morgan fingerprint density at radius 2 is 1.70 bits per heavy atom. The quantitative estimate of drug-likeness (QED) is 0.810. The summed E-state index contributed by atoms with van der Waals surface area (Å²) in [5, 5.41) is 0. The van der Waals surface area contributed by atoms with Crippen molar-refractivity contribution in [1.82, 2.24) is 0 Å². The number of amides is 1. The molecule has 2 aromatic carbocycles. The van der Waals surface area contributed by atoms with Gasteiger partial charge in [-0.05, 0) is 43.2 Å². The fourth-order valence-electron chi connectivity index (χ4n) is 2.78. The predicted octanol–water partition coefficient (Wildman–Crippen LogP) is 4.14. The number of nitrogens with zero attached hydrogens (tertiary/aromatic N) is 1. The van der Waals surface area contributed by atoms with Crippen LogP contribution in [-0.2, 0) is 10.2 Å². The van der Waals surface area contributed by atoms with Crippen LogP contribution in [0.2, 0.25) is 0 Å². The summed E-state index contributed by atoms with van der Waals surface area (Å²) in [5.41, 5.74) is 1.66. The van der Waals surface area contributed by atoms with Crippen LogP contribution in [0.25, 0.3) is 0 Å². The average molecular weight is 330 g/mol. The predicted molar refractivity (Wildman–Crippen MR) is 84.9 cm³/mol. The van der Waals surface area contributed by atoms with Crippen LogP contribution in [0.4, 0.5) is 5.69 Å². The lowest BCUT2D eigenvalue weighted by Crippen LogP contribution is -2.35. The Morgan fingerprint density at radius 3 is 2.35 bits per heavy atom. The zero-order valence-electron chi connectivity index (χ0n) is 11.3. The van der Waals surface area contributed by atoms with Gasteiger partial charge in [-0.1, -0.05) is 46.3 Å². The van der Waals surface area contributed by atoms with E-state index >= 15 is 0 Å². The molecule has 0 aliphatic carbocycles. The molecule has 0 bridgehead atoms. The van der Waals surface area contributed by atoms with Gasteiger partial charge in [-0.25, -0.2) is 0 Å². The molecular weight excluding hydrogens is 314 g/mol. The Kier molecular flexibility index (Phi) is 3.38. The summed E-state index contributed by atoms with van der Waals surface area (Å²) in [6, 6.07) is 18.0. The van der Waals surface area contributed by atoms with E-state index in [-0.39, 0.29) is 5.91 Å². The van der Waals surface area contributed by atoms with Gasteiger partial charge in [0.2, 0.25) is 5.91 Å². The average Bonchev–Trinajstić information content (AvgIpc) is 2.79. The normalized spacial score (nSPS) is 22.3. The lowest BCUT2D eigenvalue weighted by molar-refractivity contribution is -0.121. The topological polar surface area (TPSA) is 20.3 Å². The van der Waals surface area contributed by atoms with Crippen molar-refractivity contribution in [2.75, 3.05) is 11.4 Å². The van der Waals surface area contributed by atoms with Crippen molar-refractivity contribution in [1.29, 1.82) is 0 Å². The monoisotopic (exact) mass is 329 g/mol. The number of rotatable bonds is 2. The Hall–Kier alpha value is -1.61. The largest absolute Gasteiger partial charge is 0.312 e. The first-order chi connectivity index (χ1) is 9.61. The van der Waals surface area contributed by atoms with Gasteiger partial charge in [-0.2, -0.15) is 0 Å². The van der Waals surface area contributed by atoms with Gasteiger partial charge in [-0.15, -0.1) is 0 Å². The molecule has 20 heavy (non-hydrogen) atoms. The summed E-state index contributed by atoms with van der Waals surface area (Å²) in [6.07, 6.45) is 0.853. The molecule has 0 aromatic heterocycles. The van der Waals surface area contributed by atoms with E-state index in [4.69, 9.17) is 0 Å². The molecule has 2 nitrogen and oxygen atoms in total. The van der Waals surface area contributed by atoms with Gasteiger partial charge in [0, 0.05) is 16.7 Å². The van der Waals surface area contributed by atoms with E-state index in [2.05, 4.69) is 15.9 Å². The van der Waals surface area contributed by atoms with Gasteiger partial charge in [0.05, 0.1) is 5.41 Å². The maximum atomic E-state index is 12.8. The minimum Gasteiger partial charge on any atom is -0.312 e. The van der Waals surface area contributed by atoms with E-state index in [0.29, 0.717) is 0 Å². The highest BCUT2D eigenvalue weighted by atomic mass is 79.9. The lowest BCUT2D eigenvalue weighted by atomic mass is 9.81. The molecule has 102 valence electrons. The molecule has 1 aliphatic rings. The summed E-state index contributed by atoms with van der Waals surface area (Å²) in [4.78, 5) is 14.7. The SMILES string of the molecule is CC1(c2ccccc2)CCN(c2ccc(Br)cc2)C1=O. The van der Waals surface area contributed by atoms with Crippen LogP contribution in [0.5, 0.6) is 0 Å². The highest BCUT2D eigenvalue weighted by Crippen LogP contribution is 2.37. The number of carbonyl (C=O) groups is 1. The molecule has 1 aliphatic heterocycles. The zero-order valence-corrected chi connectivity index (χ0v) is 12.9. The first-order valence-electron chi connectivity index (χ1n) is 6.74. The van der Waals surface area contributed by atoms with Crippen LogP contribution < -0.4 is 4.90 Å². The fraction of sp³-hybridized carbons (Fsp3) is 0.235. The van der Waals surface area contributed by atoms with Crippen LogP contribution in [-0.4, -0.2) is 12.5 Å². The van der Waals surface area contributed by atoms with Crippen molar-refractivity contribution in [3.8, 4) is 0 Å². The third-order valence-corrected chi connectivity index (χ3v) is 4.63. The summed E-state index contributed by atoms with van der Waals surface area (Å²) < 4.78 is 1.03. The second-order valence-electron chi connectivity index (χ2n) is 5.38. The molecule has 1 saturated heterocycles. The van der Waals surface area contributed by atoms with Crippen LogP contribution >= 0.6 is 15.9 Å². The number of hydrogen-bond donors (Lipinski definition) is 0. The molecule has 1 amide bonds. The van der Waals surface area contributed by atoms with Crippen molar-refractivity contribution in [3.05, 3.63) is 64.6 Å². The molecule has 0 saturated carbocycles. The lowest BCUT2D eigenvalue weighted by Gasteiger charge is -2.24. The van der Waals surface area contributed by atoms with E-state index in [1.54, 1.807) is 0 Å². The first kappa shape index (κ1) is 13.4. The van der Waals surface area contributed by atoms with E-state index in [0.717, 1.165) is 28.7 Å². The third-order valence-electron chi connectivity index (χ3n) is 4.10. The van der Waals surface area contributed by atoms with Crippen molar-refractivity contribution >= 4 is 27.5 Å². The van der Waals surface area contributed by atoms with Crippen molar-refractivity contribution in [3.63, 3.8) is 0 Å². The first-order valence-corrected chi connectivity index (χ1v) is 7.54. The van der Waals surface area contributed by atoms with E-state index < -0.39 is 5.41 Å². The van der Waals surface area contributed by atoms with Crippen LogP contribution in [0.15, 0.2) is 59.1 Å². The molecule has 1 atom stereocenters. The van der Waals surface area contributed by atoms with Gasteiger partial charge in [0.15, 0.2) is 0 Å². The number of halogens is 1. The Labute approximate surface area is 127 Å². The molecule has 0 radical (unpaired) electrons. The highest BCUT2D eigenvalue weighted by molar-refractivity contribution is 9.10. The number of anilines is 1. The van der Waals surface area contributed by atoms with E-state index in [1.807, 2.05) is 66.4 Å². The smallest absolute Gasteiger partial charge is 0.237 e. The molecule has 1 unspecified atom stereocenters. The Bertz CT molecular complexity index is 623. The van der Waals surface area contributed by atoms with Gasteiger partial charge in [0.25, 0.3) is 0 Å². The third kappa shape index (κ3) is 2.16. The molecule has 2 aromatic rings. The molecule has 1 heterocycles. The van der Waals surface area contributed by atoms with Crippen LogP contribution in [0, 0.1) is 0 Å². The maximum Gasteiger partial charge on any atom is 0.237 e. The van der Waals surface area contributed by atoms with E-state index in [1.165, 1.54) is 0 Å². The fourth-order valence-corrected chi connectivity index (χ4v) is 3.05. The van der Waals surface area contributed by atoms with Crippen molar-refractivity contribution < 1.29 is 4.79 Å². The molecule has 3 rings (SSSR count). The molecule has 3 heteroatoms. The molecule has 0 spiro atoms. The maximum absolute atomic E-state index is 12.8. The summed E-state index contributed by atoms with van der Waals surface area (Å²) in [6.45, 7) is 2.81. The number of hydrogen-bond acceptors (Lipinski definition) is 1. The Balaban J connectivity index is 1.93. The minimum absolute atomic E-state index is 0.186. The number of benzene rings is 2. The summed E-state index contributed by atoms with van der Waals surface area (Å²) >= 11 is 3.42. The van der Waals surface area contributed by atoms with E-state index in [9.17, 15) is 4.79 Å². The zero-order chi connectivity index (χ0) is 14.2. The Morgan fingerprint density at radius 1 is 1.05 bits per heavy atom. The summed E-state index contributed by atoms with van der Waals surface area (Å²) in [7, 11) is 0. The highest BCUT2D eigenvalue weighted by Gasteiger charge is 2.44. The van der Waals surface area contributed by atoms with Gasteiger partial charge < -0.3 is 4.90 Å². The van der Waals surface area contributed by atoms with Gasteiger partial charge >= 0.3 is 0 Å². The minimum atomic E-state index is -0.408. The van der Waals surface area contributed by atoms with Crippen molar-refractivity contribution in [2.45, 2.75) is 18.8 Å². The second-order valence-corrected chi connectivity index (χ2v) is 6.30. The summed E-state index contributed by atoms with van der Waals surface area (Å²) in [5.74, 6) is 0.186. The van der Waals surface area contributed by atoms with Crippen LogP contribution in [0.3, 0.4) is 0 Å². The van der Waals surface area contributed by atoms with Gasteiger partial charge in [0.1, 0.15) is 0 Å². The number of carbonyl (C=O) groups excluding carboxylic acids is 1. The van der Waals surface area contributed by atoms with Crippen LogP contribution in [0.1, 0.15) is 18.9 Å². The standard InChI is InChI=1S/C17H16BrNO/c1-17(13-5-3-2-4-6-13)11-12-19(16(17)20)15-9-7-14(18)8-10-15/h2-10H,11-12H2,1H3. The molecule has 0 N–H and O–H groups in total. The molecular formula is C17H16BrNO.